The zero-order chi connectivity index (χ0) is 13.2. The van der Waals surface area contributed by atoms with Crippen molar-refractivity contribution in [1.29, 1.82) is 0 Å². The third-order valence-electron chi connectivity index (χ3n) is 3.59. The molecule has 0 radical (unpaired) electrons. The van der Waals surface area contributed by atoms with Crippen molar-refractivity contribution in [3.63, 3.8) is 0 Å². The van der Waals surface area contributed by atoms with Crippen molar-refractivity contribution >= 4 is 23.4 Å². The van der Waals surface area contributed by atoms with Crippen molar-refractivity contribution in [3.8, 4) is 0 Å². The van der Waals surface area contributed by atoms with E-state index in [9.17, 15) is 14.7 Å². The number of carboxylic acid groups (broad SMARTS) is 1. The lowest BCUT2D eigenvalue weighted by atomic mass is 9.71. The van der Waals surface area contributed by atoms with Gasteiger partial charge in [0.05, 0.1) is 5.41 Å². The van der Waals surface area contributed by atoms with Crippen LogP contribution in [0.5, 0.6) is 0 Å². The number of amides is 1. The van der Waals surface area contributed by atoms with Crippen LogP contribution in [0.4, 0.5) is 0 Å². The molecule has 6 nitrogen and oxygen atoms in total. The maximum atomic E-state index is 11.9. The zero-order valence-electron chi connectivity index (χ0n) is 10.0. The molecular weight excluding hydrogens is 254 g/mol. The SMILES string of the molecule is CC1(C(=O)O)CCCCC1NC(=O)c1csnn1. The maximum absolute atomic E-state index is 11.9. The van der Waals surface area contributed by atoms with E-state index in [-0.39, 0.29) is 17.6 Å². The second-order valence-corrected chi connectivity index (χ2v) is 5.39. The summed E-state index contributed by atoms with van der Waals surface area (Å²) in [6.45, 7) is 1.69. The number of aliphatic carboxylic acids is 1. The molecule has 1 saturated carbocycles. The van der Waals surface area contributed by atoms with Crippen LogP contribution in [0.2, 0.25) is 0 Å². The average molecular weight is 269 g/mol. The molecule has 18 heavy (non-hydrogen) atoms. The summed E-state index contributed by atoms with van der Waals surface area (Å²) in [5, 5.41) is 17.3. The number of aromatic nitrogens is 2. The molecule has 2 unspecified atom stereocenters. The predicted octanol–water partition coefficient (Wildman–Crippen LogP) is 1.30. The number of nitrogens with zero attached hydrogens (tertiary/aromatic N) is 2. The quantitative estimate of drug-likeness (QED) is 0.863. The Labute approximate surface area is 109 Å². The lowest BCUT2D eigenvalue weighted by Gasteiger charge is -2.38. The van der Waals surface area contributed by atoms with Gasteiger partial charge in [-0.25, -0.2) is 0 Å². The van der Waals surface area contributed by atoms with E-state index in [0.29, 0.717) is 12.8 Å². The Morgan fingerprint density at radius 2 is 2.33 bits per heavy atom. The smallest absolute Gasteiger partial charge is 0.311 e. The molecule has 2 rings (SSSR count). The zero-order valence-corrected chi connectivity index (χ0v) is 10.9. The minimum atomic E-state index is -0.892. The molecule has 0 aliphatic heterocycles. The molecule has 1 aromatic heterocycles. The fourth-order valence-corrected chi connectivity index (χ4v) is 2.75. The van der Waals surface area contributed by atoms with Crippen molar-refractivity contribution < 1.29 is 14.7 Å². The normalized spacial score (nSPS) is 27.7. The number of carbonyl (C=O) groups is 2. The summed E-state index contributed by atoms with van der Waals surface area (Å²) in [6.07, 6.45) is 3.09. The van der Waals surface area contributed by atoms with Gasteiger partial charge < -0.3 is 10.4 Å². The van der Waals surface area contributed by atoms with Crippen molar-refractivity contribution in [3.05, 3.63) is 11.1 Å². The van der Waals surface area contributed by atoms with Crippen LogP contribution in [-0.4, -0.2) is 32.6 Å². The summed E-state index contributed by atoms with van der Waals surface area (Å²) in [4.78, 5) is 23.3. The van der Waals surface area contributed by atoms with Crippen LogP contribution in [0.25, 0.3) is 0 Å². The average Bonchev–Trinajstić information content (AvgIpc) is 2.85. The van der Waals surface area contributed by atoms with Crippen molar-refractivity contribution in [2.75, 3.05) is 0 Å². The molecule has 0 spiro atoms. The predicted molar refractivity (Wildman–Crippen MR) is 65.4 cm³/mol. The van der Waals surface area contributed by atoms with Gasteiger partial charge in [-0.2, -0.15) is 0 Å². The first-order valence-corrected chi connectivity index (χ1v) is 6.69. The molecule has 1 aliphatic rings. The van der Waals surface area contributed by atoms with E-state index in [4.69, 9.17) is 0 Å². The molecule has 0 bridgehead atoms. The minimum Gasteiger partial charge on any atom is -0.481 e. The fourth-order valence-electron chi connectivity index (χ4n) is 2.32. The molecule has 1 aliphatic carbocycles. The Balaban J connectivity index is 2.11. The van der Waals surface area contributed by atoms with E-state index in [2.05, 4.69) is 14.9 Å². The van der Waals surface area contributed by atoms with Gasteiger partial charge in [-0.3, -0.25) is 9.59 Å². The van der Waals surface area contributed by atoms with Gasteiger partial charge in [-0.15, -0.1) is 5.10 Å². The number of hydrogen-bond donors (Lipinski definition) is 2. The van der Waals surface area contributed by atoms with E-state index in [0.717, 1.165) is 24.4 Å². The van der Waals surface area contributed by atoms with Gasteiger partial charge in [0, 0.05) is 11.4 Å². The van der Waals surface area contributed by atoms with Gasteiger partial charge in [-0.1, -0.05) is 17.3 Å². The van der Waals surface area contributed by atoms with Crippen molar-refractivity contribution in [2.24, 2.45) is 5.41 Å². The van der Waals surface area contributed by atoms with Gasteiger partial charge in [0.2, 0.25) is 0 Å². The number of carboxylic acids is 1. The first-order valence-electron chi connectivity index (χ1n) is 5.85. The number of nitrogens with one attached hydrogen (secondary N) is 1. The number of carbonyl (C=O) groups excluding carboxylic acids is 1. The third-order valence-corrected chi connectivity index (χ3v) is 4.10. The summed E-state index contributed by atoms with van der Waals surface area (Å²) in [7, 11) is 0. The van der Waals surface area contributed by atoms with Gasteiger partial charge in [0.25, 0.3) is 5.91 Å². The Kier molecular flexibility index (Phi) is 3.60. The second-order valence-electron chi connectivity index (χ2n) is 4.78. The third kappa shape index (κ3) is 2.35. The number of rotatable bonds is 3. The van der Waals surface area contributed by atoms with Gasteiger partial charge in [0.15, 0.2) is 5.69 Å². The highest BCUT2D eigenvalue weighted by Gasteiger charge is 2.44. The first-order chi connectivity index (χ1) is 8.54. The van der Waals surface area contributed by atoms with Crippen LogP contribution < -0.4 is 5.32 Å². The van der Waals surface area contributed by atoms with Crippen LogP contribution in [0.3, 0.4) is 0 Å². The molecule has 7 heteroatoms. The van der Waals surface area contributed by atoms with Crippen molar-refractivity contribution in [2.45, 2.75) is 38.6 Å². The van der Waals surface area contributed by atoms with E-state index in [1.807, 2.05) is 0 Å². The lowest BCUT2D eigenvalue weighted by molar-refractivity contribution is -0.151. The summed E-state index contributed by atoms with van der Waals surface area (Å²) >= 11 is 1.10. The molecule has 2 N–H and O–H groups in total. The lowest BCUT2D eigenvalue weighted by Crippen LogP contribution is -2.52. The fraction of sp³-hybridized carbons (Fsp3) is 0.636. The maximum Gasteiger partial charge on any atom is 0.311 e. The van der Waals surface area contributed by atoms with E-state index < -0.39 is 11.4 Å². The summed E-state index contributed by atoms with van der Waals surface area (Å²) in [5.41, 5.74) is -0.643. The standard InChI is InChI=1S/C11H15N3O3S/c1-11(10(16)17)5-3-2-4-8(11)12-9(15)7-6-18-14-13-7/h6,8H,2-5H2,1H3,(H,12,15)(H,16,17). The largest absolute Gasteiger partial charge is 0.481 e. The molecule has 1 fully saturated rings. The highest BCUT2D eigenvalue weighted by atomic mass is 32.1. The second kappa shape index (κ2) is 5.01. The molecular formula is C11H15N3O3S. The van der Waals surface area contributed by atoms with Crippen LogP contribution in [0, 0.1) is 5.41 Å². The summed E-state index contributed by atoms with van der Waals surface area (Å²) in [5.74, 6) is -1.20. The van der Waals surface area contributed by atoms with E-state index in [1.54, 1.807) is 12.3 Å². The minimum absolute atomic E-state index is 0.248. The van der Waals surface area contributed by atoms with Crippen LogP contribution in [0.1, 0.15) is 43.1 Å². The summed E-state index contributed by atoms with van der Waals surface area (Å²) in [6, 6.07) is -0.349. The molecule has 0 saturated heterocycles. The van der Waals surface area contributed by atoms with E-state index in [1.165, 1.54) is 0 Å². The highest BCUT2D eigenvalue weighted by molar-refractivity contribution is 7.03. The molecule has 0 aromatic carbocycles. The Morgan fingerprint density at radius 3 is 2.94 bits per heavy atom. The highest BCUT2D eigenvalue weighted by Crippen LogP contribution is 2.36. The molecule has 1 amide bonds. The Morgan fingerprint density at radius 1 is 1.56 bits per heavy atom. The molecule has 1 aromatic rings. The molecule has 2 atom stereocenters. The topological polar surface area (TPSA) is 92.2 Å². The molecule has 1 heterocycles. The van der Waals surface area contributed by atoms with Crippen LogP contribution >= 0.6 is 11.5 Å². The van der Waals surface area contributed by atoms with E-state index >= 15 is 0 Å². The van der Waals surface area contributed by atoms with Crippen LogP contribution in [-0.2, 0) is 4.79 Å². The molecule has 98 valence electrons. The Bertz CT molecular complexity index is 448. The van der Waals surface area contributed by atoms with Gasteiger partial charge >= 0.3 is 5.97 Å². The van der Waals surface area contributed by atoms with Crippen molar-refractivity contribution in [1.82, 2.24) is 14.9 Å². The first kappa shape index (κ1) is 12.9. The monoisotopic (exact) mass is 269 g/mol. The van der Waals surface area contributed by atoms with Gasteiger partial charge in [-0.05, 0) is 31.3 Å². The van der Waals surface area contributed by atoms with Crippen LogP contribution in [0.15, 0.2) is 5.38 Å². The summed E-state index contributed by atoms with van der Waals surface area (Å²) < 4.78 is 3.62. The van der Waals surface area contributed by atoms with Gasteiger partial charge in [0.1, 0.15) is 0 Å². The number of hydrogen-bond acceptors (Lipinski definition) is 5. The Hall–Kier alpha value is -1.50.